The van der Waals surface area contributed by atoms with E-state index in [2.05, 4.69) is 116 Å². The molecule has 0 heterocycles. The van der Waals surface area contributed by atoms with Crippen LogP contribution in [-0.4, -0.2) is 4.43 Å². The molecule has 0 amide bonds. The van der Waals surface area contributed by atoms with Crippen molar-refractivity contribution < 1.29 is 0 Å². The third-order valence-corrected chi connectivity index (χ3v) is 6.12. The first-order chi connectivity index (χ1) is 13.1. The zero-order chi connectivity index (χ0) is 19.0. The maximum atomic E-state index is 3.96. The van der Waals surface area contributed by atoms with Crippen LogP contribution in [0, 0.1) is 0 Å². The largest absolute Gasteiger partial charge is 0.0984 e. The van der Waals surface area contributed by atoms with E-state index in [1.165, 1.54) is 44.5 Å². The number of benzene rings is 3. The number of fused-ring (bicyclic) bond motifs is 3. The first-order valence-corrected chi connectivity index (χ1v) is 10.8. The Balaban J connectivity index is 1.83. The van der Waals surface area contributed by atoms with Gasteiger partial charge in [-0.15, -0.1) is 0 Å². The Labute approximate surface area is 175 Å². The Morgan fingerprint density at radius 1 is 0.852 bits per heavy atom. The monoisotopic (exact) mass is 462 g/mol. The van der Waals surface area contributed by atoms with E-state index in [1.807, 2.05) is 6.08 Å². The first-order valence-electron chi connectivity index (χ1n) is 9.30. The van der Waals surface area contributed by atoms with Crippen molar-refractivity contribution in [1.29, 1.82) is 0 Å². The highest BCUT2D eigenvalue weighted by molar-refractivity contribution is 14.1. The van der Waals surface area contributed by atoms with Crippen molar-refractivity contribution in [3.63, 3.8) is 0 Å². The van der Waals surface area contributed by atoms with Crippen LogP contribution in [0.5, 0.6) is 0 Å². The number of hydrogen-bond acceptors (Lipinski definition) is 0. The molecule has 0 nitrogen and oxygen atoms in total. The lowest BCUT2D eigenvalue weighted by molar-refractivity contribution is 0.660. The van der Waals surface area contributed by atoms with E-state index in [-0.39, 0.29) is 5.41 Å². The van der Waals surface area contributed by atoms with Crippen molar-refractivity contribution in [3.8, 4) is 22.3 Å². The van der Waals surface area contributed by atoms with E-state index >= 15 is 0 Å². The third-order valence-electron chi connectivity index (χ3n) is 5.61. The highest BCUT2D eigenvalue weighted by Crippen LogP contribution is 2.49. The molecule has 0 atom stereocenters. The summed E-state index contributed by atoms with van der Waals surface area (Å²) in [6.07, 6.45) is 6.31. The molecule has 1 heteroatoms. The average molecular weight is 462 g/mol. The van der Waals surface area contributed by atoms with Crippen LogP contribution in [0.1, 0.15) is 36.1 Å². The predicted octanol–water partition coefficient (Wildman–Crippen LogP) is 7.75. The fourth-order valence-electron chi connectivity index (χ4n) is 4.14. The molecule has 0 aliphatic heterocycles. The standard InChI is InChI=1S/C26H23I/c1-4-18-11-12-20(16-19(18)8-7-15-27)21-13-14-23-22-9-5-6-10-24(22)26(2,3)25(23)17-21/h4-14,16-17H,1,15H2,2-3H3/b8-7-. The molecule has 0 spiro atoms. The molecule has 0 unspecified atom stereocenters. The van der Waals surface area contributed by atoms with Gasteiger partial charge in [-0.3, -0.25) is 0 Å². The Kier molecular flexibility index (Phi) is 4.81. The third kappa shape index (κ3) is 3.08. The lowest BCUT2D eigenvalue weighted by Crippen LogP contribution is -2.14. The molecular weight excluding hydrogens is 439 g/mol. The molecule has 1 aliphatic rings. The molecule has 0 fully saturated rings. The van der Waals surface area contributed by atoms with Crippen LogP contribution in [0.4, 0.5) is 0 Å². The summed E-state index contributed by atoms with van der Waals surface area (Å²) in [7, 11) is 0. The van der Waals surface area contributed by atoms with E-state index < -0.39 is 0 Å². The summed E-state index contributed by atoms with van der Waals surface area (Å²) in [6.45, 7) is 8.62. The molecule has 134 valence electrons. The van der Waals surface area contributed by atoms with Gasteiger partial charge in [0, 0.05) is 9.84 Å². The summed E-state index contributed by atoms with van der Waals surface area (Å²) >= 11 is 2.37. The minimum atomic E-state index is 0.0347. The fourth-order valence-corrected chi connectivity index (χ4v) is 4.39. The van der Waals surface area contributed by atoms with Crippen molar-refractivity contribution in [2.24, 2.45) is 0 Å². The van der Waals surface area contributed by atoms with E-state index in [1.54, 1.807) is 0 Å². The van der Waals surface area contributed by atoms with Gasteiger partial charge in [-0.25, -0.2) is 0 Å². The van der Waals surface area contributed by atoms with E-state index in [4.69, 9.17) is 0 Å². The molecule has 0 saturated heterocycles. The summed E-state index contributed by atoms with van der Waals surface area (Å²) in [5.41, 5.74) is 10.5. The Morgan fingerprint density at radius 3 is 2.33 bits per heavy atom. The van der Waals surface area contributed by atoms with Gasteiger partial charge < -0.3 is 0 Å². The Bertz CT molecular complexity index is 1050. The van der Waals surface area contributed by atoms with Gasteiger partial charge in [0.05, 0.1) is 0 Å². The molecule has 0 saturated carbocycles. The molecule has 0 aromatic heterocycles. The van der Waals surface area contributed by atoms with Gasteiger partial charge in [0.2, 0.25) is 0 Å². The summed E-state index contributed by atoms with van der Waals surface area (Å²) in [5.74, 6) is 0. The van der Waals surface area contributed by atoms with Gasteiger partial charge >= 0.3 is 0 Å². The summed E-state index contributed by atoms with van der Waals surface area (Å²) < 4.78 is 1.00. The van der Waals surface area contributed by atoms with Gasteiger partial charge in [-0.05, 0) is 56.6 Å². The summed E-state index contributed by atoms with van der Waals surface area (Å²) in [5, 5.41) is 0. The Morgan fingerprint density at radius 2 is 1.56 bits per heavy atom. The molecule has 4 rings (SSSR count). The molecule has 3 aromatic rings. The molecule has 1 aliphatic carbocycles. The van der Waals surface area contributed by atoms with Crippen LogP contribution in [0.3, 0.4) is 0 Å². The SMILES string of the molecule is C=Cc1ccc(-c2ccc3c(c2)C(C)(C)c2ccccc2-3)cc1/C=C\CI. The van der Waals surface area contributed by atoms with Crippen molar-refractivity contribution in [2.45, 2.75) is 19.3 Å². The number of rotatable bonds is 4. The fraction of sp³-hybridized carbons (Fsp3) is 0.154. The average Bonchev–Trinajstić information content (AvgIpc) is 2.93. The van der Waals surface area contributed by atoms with Crippen LogP contribution in [0.2, 0.25) is 0 Å². The van der Waals surface area contributed by atoms with Crippen LogP contribution in [-0.2, 0) is 5.41 Å². The van der Waals surface area contributed by atoms with Crippen molar-refractivity contribution in [2.75, 3.05) is 4.43 Å². The van der Waals surface area contributed by atoms with Gasteiger partial charge in [-0.1, -0.05) is 110 Å². The van der Waals surface area contributed by atoms with Crippen molar-refractivity contribution in [1.82, 2.24) is 0 Å². The molecule has 0 radical (unpaired) electrons. The molecule has 27 heavy (non-hydrogen) atoms. The minimum Gasteiger partial charge on any atom is -0.0984 e. The van der Waals surface area contributed by atoms with E-state index in [9.17, 15) is 0 Å². The lowest BCUT2D eigenvalue weighted by Gasteiger charge is -2.22. The highest BCUT2D eigenvalue weighted by atomic mass is 127. The number of hydrogen-bond donors (Lipinski definition) is 0. The second-order valence-corrected chi connectivity index (χ2v) is 8.42. The van der Waals surface area contributed by atoms with Gasteiger partial charge in [0.25, 0.3) is 0 Å². The van der Waals surface area contributed by atoms with Gasteiger partial charge in [0.15, 0.2) is 0 Å². The predicted molar refractivity (Wildman–Crippen MR) is 127 cm³/mol. The van der Waals surface area contributed by atoms with E-state index in [0.29, 0.717) is 0 Å². The topological polar surface area (TPSA) is 0 Å². The number of allylic oxidation sites excluding steroid dienone is 1. The maximum Gasteiger partial charge on any atom is 0.0179 e. The van der Waals surface area contributed by atoms with Gasteiger partial charge in [0.1, 0.15) is 0 Å². The van der Waals surface area contributed by atoms with Crippen LogP contribution >= 0.6 is 22.6 Å². The highest BCUT2D eigenvalue weighted by Gasteiger charge is 2.35. The van der Waals surface area contributed by atoms with E-state index in [0.717, 1.165) is 4.43 Å². The number of halogens is 1. The molecule has 0 N–H and O–H groups in total. The van der Waals surface area contributed by atoms with Crippen molar-refractivity contribution in [3.05, 3.63) is 95.6 Å². The normalized spacial score (nSPS) is 14.2. The Hall–Kier alpha value is -2.13. The zero-order valence-electron chi connectivity index (χ0n) is 15.8. The summed E-state index contributed by atoms with van der Waals surface area (Å²) in [4.78, 5) is 0. The zero-order valence-corrected chi connectivity index (χ0v) is 18.0. The number of alkyl halides is 1. The smallest absolute Gasteiger partial charge is 0.0179 e. The second-order valence-electron chi connectivity index (χ2n) is 7.54. The lowest BCUT2D eigenvalue weighted by atomic mass is 9.81. The quantitative estimate of drug-likeness (QED) is 0.275. The first kappa shape index (κ1) is 18.2. The molecule has 0 bridgehead atoms. The van der Waals surface area contributed by atoms with Crippen LogP contribution in [0.25, 0.3) is 34.4 Å². The summed E-state index contributed by atoms with van der Waals surface area (Å²) in [6, 6.07) is 22.4. The van der Waals surface area contributed by atoms with Crippen LogP contribution < -0.4 is 0 Å². The van der Waals surface area contributed by atoms with Gasteiger partial charge in [-0.2, -0.15) is 0 Å². The molecular formula is C26H23I. The second kappa shape index (κ2) is 7.12. The van der Waals surface area contributed by atoms with Crippen molar-refractivity contribution >= 4 is 34.7 Å². The molecule has 3 aromatic carbocycles. The minimum absolute atomic E-state index is 0.0347. The maximum absolute atomic E-state index is 3.96. The van der Waals surface area contributed by atoms with Crippen LogP contribution in [0.15, 0.2) is 73.3 Å².